The fourth-order valence-electron chi connectivity index (χ4n) is 1.54. The highest BCUT2D eigenvalue weighted by molar-refractivity contribution is 7.92. The second kappa shape index (κ2) is 6.91. The van der Waals surface area contributed by atoms with E-state index in [0.29, 0.717) is 6.42 Å². The van der Waals surface area contributed by atoms with Gasteiger partial charge in [-0.05, 0) is 31.5 Å². The predicted molar refractivity (Wildman–Crippen MR) is 78.4 cm³/mol. The summed E-state index contributed by atoms with van der Waals surface area (Å²) in [5.41, 5.74) is -0.195. The molecular formula is C13H16ClNO5S. The SMILES string of the molecule is CCC(C)NC(=O)CS(=O)(=O)c1ccc(C(=O)O)c(Cl)c1. The molecule has 8 heteroatoms. The van der Waals surface area contributed by atoms with Crippen molar-refractivity contribution in [1.82, 2.24) is 5.32 Å². The molecule has 0 spiro atoms. The van der Waals surface area contributed by atoms with Crippen LogP contribution in [0.4, 0.5) is 0 Å². The Morgan fingerprint density at radius 3 is 2.48 bits per heavy atom. The number of carboxylic acids is 1. The molecule has 0 radical (unpaired) electrons. The van der Waals surface area contributed by atoms with E-state index in [2.05, 4.69) is 5.32 Å². The Kier molecular flexibility index (Phi) is 5.74. The first-order valence-electron chi connectivity index (χ1n) is 6.22. The van der Waals surface area contributed by atoms with Gasteiger partial charge in [0.15, 0.2) is 9.84 Å². The van der Waals surface area contributed by atoms with E-state index in [1.54, 1.807) is 6.92 Å². The van der Waals surface area contributed by atoms with Gasteiger partial charge in [0.25, 0.3) is 0 Å². The van der Waals surface area contributed by atoms with Crippen LogP contribution in [0.25, 0.3) is 0 Å². The van der Waals surface area contributed by atoms with Crippen LogP contribution in [-0.4, -0.2) is 37.2 Å². The number of rotatable bonds is 6. The number of nitrogens with one attached hydrogen (secondary N) is 1. The van der Waals surface area contributed by atoms with E-state index < -0.39 is 27.5 Å². The zero-order valence-electron chi connectivity index (χ0n) is 11.6. The van der Waals surface area contributed by atoms with Gasteiger partial charge < -0.3 is 10.4 Å². The van der Waals surface area contributed by atoms with Crippen LogP contribution in [0.3, 0.4) is 0 Å². The van der Waals surface area contributed by atoms with Crippen molar-refractivity contribution in [3.63, 3.8) is 0 Å². The minimum absolute atomic E-state index is 0.120. The summed E-state index contributed by atoms with van der Waals surface area (Å²) in [6.07, 6.45) is 0.685. The number of hydrogen-bond donors (Lipinski definition) is 2. The van der Waals surface area contributed by atoms with E-state index in [9.17, 15) is 18.0 Å². The quantitative estimate of drug-likeness (QED) is 0.825. The van der Waals surface area contributed by atoms with Gasteiger partial charge in [-0.25, -0.2) is 13.2 Å². The Balaban J connectivity index is 2.96. The molecule has 1 rings (SSSR count). The Labute approximate surface area is 128 Å². The minimum Gasteiger partial charge on any atom is -0.478 e. The van der Waals surface area contributed by atoms with Crippen molar-refractivity contribution >= 4 is 33.3 Å². The average molecular weight is 334 g/mol. The second-order valence-corrected chi connectivity index (χ2v) is 6.98. The standard InChI is InChI=1S/C13H16ClNO5S/c1-3-8(2)15-12(16)7-21(19,20)9-4-5-10(13(17)18)11(14)6-9/h4-6,8H,3,7H2,1-2H3,(H,15,16)(H,17,18). The molecule has 6 nitrogen and oxygen atoms in total. The lowest BCUT2D eigenvalue weighted by Crippen LogP contribution is -2.36. The number of carbonyl (C=O) groups is 2. The van der Waals surface area contributed by atoms with Crippen LogP contribution in [0.15, 0.2) is 23.1 Å². The molecule has 1 atom stereocenters. The summed E-state index contributed by atoms with van der Waals surface area (Å²) in [5, 5.41) is 11.2. The zero-order chi connectivity index (χ0) is 16.2. The van der Waals surface area contributed by atoms with Gasteiger partial charge in [0, 0.05) is 6.04 Å². The van der Waals surface area contributed by atoms with Crippen LogP contribution in [-0.2, 0) is 14.6 Å². The van der Waals surface area contributed by atoms with E-state index in [1.165, 1.54) is 0 Å². The molecule has 0 bridgehead atoms. The highest BCUT2D eigenvalue weighted by atomic mass is 35.5. The van der Waals surface area contributed by atoms with Crippen LogP contribution in [0.1, 0.15) is 30.6 Å². The fourth-order valence-corrected chi connectivity index (χ4v) is 3.03. The number of amides is 1. The number of carbonyl (C=O) groups excluding carboxylic acids is 1. The molecule has 0 fully saturated rings. The summed E-state index contributed by atoms with van der Waals surface area (Å²) in [7, 11) is -3.87. The van der Waals surface area contributed by atoms with Crippen molar-refractivity contribution in [3.8, 4) is 0 Å². The molecule has 21 heavy (non-hydrogen) atoms. The lowest BCUT2D eigenvalue weighted by molar-refractivity contribution is -0.119. The maximum absolute atomic E-state index is 12.1. The van der Waals surface area contributed by atoms with Gasteiger partial charge in [-0.15, -0.1) is 0 Å². The minimum atomic E-state index is -3.87. The molecule has 0 aliphatic carbocycles. The Bertz CT molecular complexity index is 657. The van der Waals surface area contributed by atoms with Gasteiger partial charge >= 0.3 is 5.97 Å². The van der Waals surface area contributed by atoms with Crippen LogP contribution >= 0.6 is 11.6 Å². The summed E-state index contributed by atoms with van der Waals surface area (Å²) in [6.45, 7) is 3.63. The Hall–Kier alpha value is -1.60. The monoisotopic (exact) mass is 333 g/mol. The number of sulfone groups is 1. The summed E-state index contributed by atoms with van der Waals surface area (Å²) in [6, 6.07) is 3.15. The Morgan fingerprint density at radius 1 is 1.38 bits per heavy atom. The van der Waals surface area contributed by atoms with Crippen LogP contribution < -0.4 is 5.32 Å². The van der Waals surface area contributed by atoms with Gasteiger partial charge in [0.05, 0.1) is 15.5 Å². The van der Waals surface area contributed by atoms with E-state index in [4.69, 9.17) is 16.7 Å². The van der Waals surface area contributed by atoms with Crippen molar-refractivity contribution < 1.29 is 23.1 Å². The number of halogens is 1. The molecule has 116 valence electrons. The molecule has 0 heterocycles. The molecule has 0 saturated carbocycles. The maximum Gasteiger partial charge on any atom is 0.337 e. The van der Waals surface area contributed by atoms with E-state index in [0.717, 1.165) is 18.2 Å². The topological polar surface area (TPSA) is 101 Å². The van der Waals surface area contributed by atoms with Gasteiger partial charge in [0.1, 0.15) is 5.75 Å². The molecular weight excluding hydrogens is 318 g/mol. The third-order valence-corrected chi connectivity index (χ3v) is 4.80. The molecule has 1 aromatic rings. The zero-order valence-corrected chi connectivity index (χ0v) is 13.2. The molecule has 1 unspecified atom stereocenters. The first-order valence-corrected chi connectivity index (χ1v) is 8.25. The third kappa shape index (κ3) is 4.71. The normalized spacial score (nSPS) is 12.7. The number of aromatic carboxylic acids is 1. The highest BCUT2D eigenvalue weighted by Crippen LogP contribution is 2.21. The highest BCUT2D eigenvalue weighted by Gasteiger charge is 2.22. The predicted octanol–water partition coefficient (Wildman–Crippen LogP) is 1.73. The summed E-state index contributed by atoms with van der Waals surface area (Å²) >= 11 is 5.73. The molecule has 1 amide bonds. The third-order valence-electron chi connectivity index (χ3n) is 2.87. The first kappa shape index (κ1) is 17.5. The van der Waals surface area contributed by atoms with Gasteiger partial charge in [-0.1, -0.05) is 18.5 Å². The number of benzene rings is 1. The summed E-state index contributed by atoms with van der Waals surface area (Å²) in [5.74, 6) is -2.57. The maximum atomic E-state index is 12.1. The van der Waals surface area contributed by atoms with Crippen LogP contribution in [0.5, 0.6) is 0 Å². The van der Waals surface area contributed by atoms with Crippen molar-refractivity contribution in [2.24, 2.45) is 0 Å². The molecule has 0 aromatic heterocycles. The van der Waals surface area contributed by atoms with Crippen LogP contribution in [0, 0.1) is 0 Å². The van der Waals surface area contributed by atoms with E-state index in [1.807, 2.05) is 6.92 Å². The van der Waals surface area contributed by atoms with Crippen molar-refractivity contribution in [2.75, 3.05) is 5.75 Å². The molecule has 0 aliphatic heterocycles. The lowest BCUT2D eigenvalue weighted by atomic mass is 10.2. The van der Waals surface area contributed by atoms with E-state index >= 15 is 0 Å². The van der Waals surface area contributed by atoms with Gasteiger partial charge in [-0.3, -0.25) is 4.79 Å². The van der Waals surface area contributed by atoms with Gasteiger partial charge in [-0.2, -0.15) is 0 Å². The summed E-state index contributed by atoms with van der Waals surface area (Å²) < 4.78 is 24.2. The Morgan fingerprint density at radius 2 is 2.00 bits per heavy atom. The number of carboxylic acid groups (broad SMARTS) is 1. The second-order valence-electron chi connectivity index (χ2n) is 4.58. The molecule has 1 aromatic carbocycles. The smallest absolute Gasteiger partial charge is 0.337 e. The average Bonchev–Trinajstić information content (AvgIpc) is 2.37. The molecule has 0 aliphatic rings. The fraction of sp³-hybridized carbons (Fsp3) is 0.385. The van der Waals surface area contributed by atoms with Crippen molar-refractivity contribution in [3.05, 3.63) is 28.8 Å². The van der Waals surface area contributed by atoms with E-state index in [-0.39, 0.29) is 21.5 Å². The van der Waals surface area contributed by atoms with Crippen molar-refractivity contribution in [2.45, 2.75) is 31.2 Å². The molecule has 0 saturated heterocycles. The molecule has 2 N–H and O–H groups in total. The first-order chi connectivity index (χ1) is 9.67. The van der Waals surface area contributed by atoms with Crippen molar-refractivity contribution in [1.29, 1.82) is 0 Å². The lowest BCUT2D eigenvalue weighted by Gasteiger charge is -2.11. The number of hydrogen-bond acceptors (Lipinski definition) is 4. The van der Waals surface area contributed by atoms with Gasteiger partial charge in [0.2, 0.25) is 5.91 Å². The largest absolute Gasteiger partial charge is 0.478 e. The summed E-state index contributed by atoms with van der Waals surface area (Å²) in [4.78, 5) is 22.3. The van der Waals surface area contributed by atoms with Crippen LogP contribution in [0.2, 0.25) is 5.02 Å².